The van der Waals surface area contributed by atoms with Crippen molar-refractivity contribution in [2.24, 2.45) is 0 Å². The molecule has 0 fully saturated rings. The molecule has 0 aliphatic heterocycles. The van der Waals surface area contributed by atoms with Crippen molar-refractivity contribution in [3.8, 4) is 0 Å². The van der Waals surface area contributed by atoms with Crippen LogP contribution in [0.5, 0.6) is 0 Å². The van der Waals surface area contributed by atoms with Crippen LogP contribution in [-0.2, 0) is 26.6 Å². The Kier molecular flexibility index (Phi) is 35.0. The Balaban J connectivity index is -0.0000000536. The predicted octanol–water partition coefficient (Wildman–Crippen LogP) is -2.89. The Morgan fingerprint density at radius 3 is 0.950 bits per heavy atom. The van der Waals surface area contributed by atoms with E-state index >= 15 is 0 Å². The van der Waals surface area contributed by atoms with Crippen molar-refractivity contribution in [1.29, 1.82) is 0 Å². The molecule has 0 saturated heterocycles. The Morgan fingerprint density at radius 2 is 0.950 bits per heavy atom. The second-order valence-corrected chi connectivity index (χ2v) is 4.24. The van der Waals surface area contributed by atoms with E-state index < -0.39 is 17.8 Å². The second-order valence-electron chi connectivity index (χ2n) is 4.24. The van der Waals surface area contributed by atoms with Gasteiger partial charge in [-0.05, 0) is 20.8 Å². The third-order valence-corrected chi connectivity index (χ3v) is 1.12. The Labute approximate surface area is 133 Å². The first-order valence-corrected chi connectivity index (χ1v) is 5.30. The van der Waals surface area contributed by atoms with Crippen LogP contribution in [0, 0.1) is 0 Å². The van der Waals surface area contributed by atoms with Gasteiger partial charge in [0.1, 0.15) is 12.2 Å². The van der Waals surface area contributed by atoms with E-state index in [9.17, 15) is 0 Å². The third-order valence-electron chi connectivity index (χ3n) is 1.12. The molecule has 9 nitrogen and oxygen atoms in total. The first kappa shape index (κ1) is 32.3. The van der Waals surface area contributed by atoms with Crippen LogP contribution in [0.25, 0.3) is 0 Å². The monoisotopic (exact) mass is 340 g/mol. The summed E-state index contributed by atoms with van der Waals surface area (Å²) in [6, 6.07) is 0. The van der Waals surface area contributed by atoms with Gasteiger partial charge in [-0.15, -0.1) is 0 Å². The van der Waals surface area contributed by atoms with Gasteiger partial charge in [-0.25, -0.2) is 4.89 Å². The minimum absolute atomic E-state index is 0. The first-order valence-electron chi connectivity index (χ1n) is 5.30. The molecule has 0 aromatic rings. The molecule has 0 atom stereocenters. The quantitative estimate of drug-likeness (QED) is 0.162. The molecule has 0 aliphatic carbocycles. The van der Waals surface area contributed by atoms with Crippen molar-refractivity contribution >= 4 is 0 Å². The molecule has 0 aromatic carbocycles. The van der Waals surface area contributed by atoms with Crippen LogP contribution in [-0.4, -0.2) is 85.6 Å². The molecule has 0 rings (SSSR count). The summed E-state index contributed by atoms with van der Waals surface area (Å²) in [4.78, 5) is 3.94. The standard InChI is InChI=1S/C4H10O2.2C3H8O3.H2O.Ti/c1-4(2,3)6-5;2*4-1-3(6)2-5;;/h5H,1-3H3;2*3-6H,1-2H2;1H2;. The summed E-state index contributed by atoms with van der Waals surface area (Å²) in [5.74, 6) is 0. The van der Waals surface area contributed by atoms with Crippen LogP contribution in [0.2, 0.25) is 0 Å². The van der Waals surface area contributed by atoms with Crippen LogP contribution in [0.1, 0.15) is 20.8 Å². The summed E-state index contributed by atoms with van der Waals surface area (Å²) in [5, 5.41) is 55.9. The molecule has 0 aromatic heterocycles. The third kappa shape index (κ3) is 42.9. The van der Waals surface area contributed by atoms with Gasteiger partial charge in [-0.2, -0.15) is 0 Å². The molecule has 0 saturated carbocycles. The van der Waals surface area contributed by atoms with E-state index in [2.05, 4.69) is 4.89 Å². The van der Waals surface area contributed by atoms with Crippen molar-refractivity contribution in [2.45, 2.75) is 38.6 Å². The van der Waals surface area contributed by atoms with Crippen LogP contribution in [0.4, 0.5) is 0 Å². The van der Waals surface area contributed by atoms with Gasteiger partial charge < -0.3 is 36.1 Å². The zero-order valence-corrected chi connectivity index (χ0v) is 13.6. The SMILES string of the molecule is CC(C)(C)OO.O.OCC(O)CO.OCC(O)CO.[Ti]. The minimum atomic E-state index is -0.954. The average molecular weight is 340 g/mol. The van der Waals surface area contributed by atoms with E-state index in [0.717, 1.165) is 0 Å². The number of hydrogen-bond acceptors (Lipinski definition) is 8. The number of rotatable bonds is 4. The topological polar surface area (TPSA) is 182 Å². The fourth-order valence-corrected chi connectivity index (χ4v) is 0.115. The van der Waals surface area contributed by atoms with Gasteiger partial charge in [0.15, 0.2) is 0 Å². The fraction of sp³-hybridized carbons (Fsp3) is 1.00. The number of hydrogen-bond donors (Lipinski definition) is 7. The molecular weight excluding hydrogens is 312 g/mol. The van der Waals surface area contributed by atoms with E-state index in [1.165, 1.54) is 0 Å². The Bertz CT molecular complexity index is 136. The van der Waals surface area contributed by atoms with E-state index in [1.807, 2.05) is 0 Å². The molecule has 0 unspecified atom stereocenters. The zero-order valence-electron chi connectivity index (χ0n) is 12.0. The maximum atomic E-state index is 8.17. The van der Waals surface area contributed by atoms with Crippen molar-refractivity contribution in [1.82, 2.24) is 0 Å². The van der Waals surface area contributed by atoms with Crippen LogP contribution < -0.4 is 0 Å². The van der Waals surface area contributed by atoms with Crippen LogP contribution in [0.3, 0.4) is 0 Å². The smallest absolute Gasteiger partial charge is 0.100 e. The van der Waals surface area contributed by atoms with Gasteiger partial charge in [0.25, 0.3) is 0 Å². The van der Waals surface area contributed by atoms with E-state index in [1.54, 1.807) is 20.8 Å². The Hall–Kier alpha value is 0.354. The number of aliphatic hydroxyl groups is 6. The molecule has 9 N–H and O–H groups in total. The number of aliphatic hydroxyl groups excluding tert-OH is 6. The van der Waals surface area contributed by atoms with E-state index in [4.69, 9.17) is 35.9 Å². The van der Waals surface area contributed by atoms with Crippen LogP contribution in [0.15, 0.2) is 0 Å². The minimum Gasteiger partial charge on any atom is -0.412 e. The normalized spacial score (nSPS) is 9.60. The second kappa shape index (κ2) is 21.6. The van der Waals surface area contributed by atoms with Gasteiger partial charge in [0.2, 0.25) is 0 Å². The summed E-state index contributed by atoms with van der Waals surface area (Å²) < 4.78 is 0. The summed E-state index contributed by atoms with van der Waals surface area (Å²) in [6.45, 7) is 3.85. The maximum Gasteiger partial charge on any atom is 0.100 e. The molecule has 0 spiro atoms. The molecule has 0 aliphatic rings. The summed E-state index contributed by atoms with van der Waals surface area (Å²) >= 11 is 0. The van der Waals surface area contributed by atoms with Crippen LogP contribution >= 0.6 is 0 Å². The fourth-order valence-electron chi connectivity index (χ4n) is 0.115. The summed E-state index contributed by atoms with van der Waals surface area (Å²) in [7, 11) is 0. The van der Waals surface area contributed by atoms with Crippen molar-refractivity contribution in [2.75, 3.05) is 26.4 Å². The Morgan fingerprint density at radius 1 is 0.800 bits per heavy atom. The summed E-state index contributed by atoms with van der Waals surface area (Å²) in [5.41, 5.74) is -0.403. The molecule has 126 valence electrons. The van der Waals surface area contributed by atoms with Crippen molar-refractivity contribution in [3.63, 3.8) is 0 Å². The van der Waals surface area contributed by atoms with Gasteiger partial charge in [0.05, 0.1) is 32.0 Å². The van der Waals surface area contributed by atoms with Gasteiger partial charge in [-0.3, -0.25) is 5.26 Å². The van der Waals surface area contributed by atoms with E-state index in [0.29, 0.717) is 0 Å². The van der Waals surface area contributed by atoms with Gasteiger partial charge in [-0.1, -0.05) is 0 Å². The van der Waals surface area contributed by atoms with Gasteiger partial charge >= 0.3 is 0 Å². The zero-order chi connectivity index (χ0) is 15.2. The molecular formula is C10H28O9Ti. The largest absolute Gasteiger partial charge is 0.412 e. The molecule has 0 heterocycles. The maximum absolute atomic E-state index is 8.17. The first-order chi connectivity index (χ1) is 8.18. The van der Waals surface area contributed by atoms with Crippen molar-refractivity contribution < 1.29 is 68.0 Å². The van der Waals surface area contributed by atoms with Crippen molar-refractivity contribution in [3.05, 3.63) is 0 Å². The molecule has 0 bridgehead atoms. The molecule has 0 amide bonds. The van der Waals surface area contributed by atoms with E-state index in [-0.39, 0.29) is 53.6 Å². The summed E-state index contributed by atoms with van der Waals surface area (Å²) in [6.07, 6.45) is -1.91. The average Bonchev–Trinajstić information content (AvgIpc) is 2.37. The molecule has 10 heteroatoms. The molecule has 0 radical (unpaired) electrons. The van der Waals surface area contributed by atoms with Gasteiger partial charge in [0, 0.05) is 21.7 Å². The molecule has 20 heavy (non-hydrogen) atoms. The predicted molar refractivity (Wildman–Crippen MR) is 67.4 cm³/mol.